The topological polar surface area (TPSA) is 81.5 Å². The third kappa shape index (κ3) is 2.67. The first kappa shape index (κ1) is 13.8. The number of fused-ring (bicyclic) bond motifs is 2. The molecule has 0 spiro atoms. The smallest absolute Gasteiger partial charge is 0.338 e. The van der Waals surface area contributed by atoms with Crippen LogP contribution in [0.2, 0.25) is 0 Å². The molecule has 0 radical (unpaired) electrons. The van der Waals surface area contributed by atoms with Crippen molar-refractivity contribution >= 4 is 17.2 Å². The van der Waals surface area contributed by atoms with Gasteiger partial charge in [-0.25, -0.2) is 4.79 Å². The van der Waals surface area contributed by atoms with E-state index < -0.39 is 10.9 Å². The summed E-state index contributed by atoms with van der Waals surface area (Å²) in [6.07, 6.45) is 5.15. The molecule has 6 heteroatoms. The Labute approximate surface area is 121 Å². The summed E-state index contributed by atoms with van der Waals surface area (Å²) in [7, 11) is 1.27. The van der Waals surface area contributed by atoms with E-state index >= 15 is 0 Å². The number of rotatable bonds is 3. The molecule has 0 saturated carbocycles. The molecule has 2 unspecified atom stereocenters. The van der Waals surface area contributed by atoms with Crippen LogP contribution in [0.4, 0.5) is 5.69 Å². The Morgan fingerprint density at radius 2 is 2.19 bits per heavy atom. The first-order valence-corrected chi connectivity index (χ1v) is 6.91. The molecule has 1 saturated heterocycles. The summed E-state index contributed by atoms with van der Waals surface area (Å²) < 4.78 is 4.67. The van der Waals surface area contributed by atoms with Crippen molar-refractivity contribution in [2.45, 2.75) is 31.3 Å². The number of methoxy groups -OCH3 is 1. The van der Waals surface area contributed by atoms with E-state index in [1.807, 2.05) is 0 Å². The van der Waals surface area contributed by atoms with E-state index in [0.717, 1.165) is 30.4 Å². The van der Waals surface area contributed by atoms with Crippen molar-refractivity contribution < 1.29 is 14.5 Å². The average molecular weight is 288 g/mol. The third-order valence-corrected chi connectivity index (χ3v) is 4.07. The van der Waals surface area contributed by atoms with Crippen molar-refractivity contribution in [3.8, 4) is 0 Å². The van der Waals surface area contributed by atoms with Crippen LogP contribution >= 0.6 is 0 Å². The maximum Gasteiger partial charge on any atom is 0.338 e. The van der Waals surface area contributed by atoms with E-state index in [9.17, 15) is 14.9 Å². The van der Waals surface area contributed by atoms with Gasteiger partial charge in [-0.3, -0.25) is 10.1 Å². The molecule has 6 nitrogen and oxygen atoms in total. The lowest BCUT2D eigenvalue weighted by atomic mass is 9.94. The van der Waals surface area contributed by atoms with Crippen molar-refractivity contribution in [3.05, 3.63) is 45.5 Å². The predicted molar refractivity (Wildman–Crippen MR) is 77.0 cm³/mol. The molecule has 2 heterocycles. The van der Waals surface area contributed by atoms with Crippen LogP contribution in [0.5, 0.6) is 0 Å². The summed E-state index contributed by atoms with van der Waals surface area (Å²) in [5.74, 6) is -0.558. The highest BCUT2D eigenvalue weighted by Gasteiger charge is 2.29. The van der Waals surface area contributed by atoms with Gasteiger partial charge >= 0.3 is 5.97 Å². The summed E-state index contributed by atoms with van der Waals surface area (Å²) in [5, 5.41) is 14.5. The summed E-state index contributed by atoms with van der Waals surface area (Å²) in [5.41, 5.74) is 1.94. The lowest BCUT2D eigenvalue weighted by Crippen LogP contribution is -2.31. The number of hydrogen-bond acceptors (Lipinski definition) is 5. The second-order valence-electron chi connectivity index (χ2n) is 5.46. The van der Waals surface area contributed by atoms with Crippen LogP contribution in [0, 0.1) is 10.1 Å². The molecule has 110 valence electrons. The quantitative estimate of drug-likeness (QED) is 0.524. The van der Waals surface area contributed by atoms with Crippen LogP contribution in [0.3, 0.4) is 0 Å². The van der Waals surface area contributed by atoms with Gasteiger partial charge in [-0.2, -0.15) is 0 Å². The number of nitrogens with zero attached hydrogens (tertiary/aromatic N) is 1. The molecule has 21 heavy (non-hydrogen) atoms. The SMILES string of the molecule is COC(=O)c1cc(C2=CC3CCC(C2)N3)cc([N+](=O)[O-])c1. The Kier molecular flexibility index (Phi) is 3.47. The number of benzene rings is 1. The molecule has 1 aromatic rings. The van der Waals surface area contributed by atoms with Crippen LogP contribution in [0.15, 0.2) is 24.3 Å². The van der Waals surface area contributed by atoms with Gasteiger partial charge in [-0.15, -0.1) is 0 Å². The van der Waals surface area contributed by atoms with Crippen molar-refractivity contribution in [2.24, 2.45) is 0 Å². The lowest BCUT2D eigenvalue weighted by molar-refractivity contribution is -0.384. The number of carbonyl (C=O) groups is 1. The van der Waals surface area contributed by atoms with Gasteiger partial charge in [0, 0.05) is 24.2 Å². The summed E-state index contributed by atoms with van der Waals surface area (Å²) in [6, 6.07) is 5.22. The van der Waals surface area contributed by atoms with Crippen molar-refractivity contribution in [3.63, 3.8) is 0 Å². The minimum Gasteiger partial charge on any atom is -0.465 e. The zero-order valence-corrected chi connectivity index (χ0v) is 11.7. The molecular formula is C15H16N2O4. The number of nitro benzene ring substituents is 1. The Morgan fingerprint density at radius 3 is 2.86 bits per heavy atom. The fourth-order valence-corrected chi connectivity index (χ4v) is 3.07. The fourth-order valence-electron chi connectivity index (χ4n) is 3.07. The van der Waals surface area contributed by atoms with Gasteiger partial charge in [0.15, 0.2) is 0 Å². The van der Waals surface area contributed by atoms with E-state index in [1.54, 1.807) is 6.07 Å². The van der Waals surface area contributed by atoms with Gasteiger partial charge in [-0.05, 0) is 36.5 Å². The molecule has 1 aromatic carbocycles. The van der Waals surface area contributed by atoms with Crippen LogP contribution in [0.25, 0.3) is 5.57 Å². The zero-order valence-electron chi connectivity index (χ0n) is 11.7. The largest absolute Gasteiger partial charge is 0.465 e. The molecule has 1 fully saturated rings. The Morgan fingerprint density at radius 1 is 1.38 bits per heavy atom. The number of ether oxygens (including phenoxy) is 1. The van der Waals surface area contributed by atoms with Gasteiger partial charge in [0.1, 0.15) is 0 Å². The molecule has 2 aliphatic heterocycles. The van der Waals surface area contributed by atoms with E-state index in [2.05, 4.69) is 16.1 Å². The number of non-ortho nitro benzene ring substituents is 1. The van der Waals surface area contributed by atoms with Crippen LogP contribution in [-0.2, 0) is 4.74 Å². The highest BCUT2D eigenvalue weighted by atomic mass is 16.6. The normalized spacial score (nSPS) is 23.6. The number of nitrogens with one attached hydrogen (secondary N) is 1. The highest BCUT2D eigenvalue weighted by Crippen LogP contribution is 2.33. The first-order valence-electron chi connectivity index (χ1n) is 6.91. The van der Waals surface area contributed by atoms with Gasteiger partial charge in [-0.1, -0.05) is 6.08 Å². The fraction of sp³-hybridized carbons (Fsp3) is 0.400. The van der Waals surface area contributed by atoms with E-state index in [1.165, 1.54) is 19.2 Å². The number of esters is 1. The summed E-state index contributed by atoms with van der Waals surface area (Å²) in [6.45, 7) is 0. The molecule has 2 atom stereocenters. The number of nitro groups is 1. The monoisotopic (exact) mass is 288 g/mol. The molecule has 3 rings (SSSR count). The summed E-state index contributed by atoms with van der Waals surface area (Å²) >= 11 is 0. The minimum atomic E-state index is -0.558. The molecule has 2 aliphatic rings. The van der Waals surface area contributed by atoms with Crippen molar-refractivity contribution in [1.82, 2.24) is 5.32 Å². The highest BCUT2D eigenvalue weighted by molar-refractivity contribution is 5.91. The Balaban J connectivity index is 2.03. The zero-order chi connectivity index (χ0) is 15.0. The van der Waals surface area contributed by atoms with Gasteiger partial charge in [0.05, 0.1) is 17.6 Å². The standard InChI is InChI=1S/C15H16N2O4/c1-21-15(18)11-4-9(7-14(8-11)17(19)20)10-5-12-2-3-13(6-10)16-12/h4-5,7-8,12-13,16H,2-3,6H2,1H3. The van der Waals surface area contributed by atoms with Crippen molar-refractivity contribution in [1.29, 1.82) is 0 Å². The Hall–Kier alpha value is -2.21. The van der Waals surface area contributed by atoms with Gasteiger partial charge in [0.25, 0.3) is 5.69 Å². The molecule has 2 bridgehead atoms. The maximum absolute atomic E-state index is 11.7. The van der Waals surface area contributed by atoms with Gasteiger partial charge in [0.2, 0.25) is 0 Å². The van der Waals surface area contributed by atoms with Crippen LogP contribution in [-0.4, -0.2) is 30.1 Å². The van der Waals surface area contributed by atoms with Crippen LogP contribution in [0.1, 0.15) is 35.2 Å². The van der Waals surface area contributed by atoms with E-state index in [0.29, 0.717) is 12.1 Å². The minimum absolute atomic E-state index is 0.0836. The average Bonchev–Trinajstić information content (AvgIpc) is 2.84. The van der Waals surface area contributed by atoms with Crippen molar-refractivity contribution in [2.75, 3.05) is 7.11 Å². The second kappa shape index (κ2) is 5.29. The second-order valence-corrected chi connectivity index (χ2v) is 5.46. The first-order chi connectivity index (χ1) is 10.1. The van der Waals surface area contributed by atoms with Crippen LogP contribution < -0.4 is 5.32 Å². The third-order valence-electron chi connectivity index (χ3n) is 4.07. The van der Waals surface area contributed by atoms with E-state index in [-0.39, 0.29) is 11.3 Å². The molecule has 0 aliphatic carbocycles. The maximum atomic E-state index is 11.7. The molecule has 1 N–H and O–H groups in total. The summed E-state index contributed by atoms with van der Waals surface area (Å²) in [4.78, 5) is 22.3. The molecule has 0 aromatic heterocycles. The van der Waals surface area contributed by atoms with Gasteiger partial charge < -0.3 is 10.1 Å². The lowest BCUT2D eigenvalue weighted by Gasteiger charge is -2.21. The number of carbonyl (C=O) groups excluding carboxylic acids is 1. The molecular weight excluding hydrogens is 272 g/mol. The number of hydrogen-bond donors (Lipinski definition) is 1. The Bertz CT molecular complexity index is 639. The van der Waals surface area contributed by atoms with E-state index in [4.69, 9.17) is 0 Å². The molecule has 0 amide bonds. The predicted octanol–water partition coefficient (Wildman–Crippen LogP) is 2.29.